The fourth-order valence-electron chi connectivity index (χ4n) is 2.82. The number of amides is 1. The lowest BCUT2D eigenvalue weighted by Gasteiger charge is -2.34. The van der Waals surface area contributed by atoms with Crippen molar-refractivity contribution in [1.29, 1.82) is 0 Å². The van der Waals surface area contributed by atoms with Crippen molar-refractivity contribution < 1.29 is 14.7 Å². The number of carboxylic acids is 1. The van der Waals surface area contributed by atoms with Crippen LogP contribution in [0, 0.1) is 22.7 Å². The number of nitrogens with one attached hydrogen (secondary N) is 2. The van der Waals surface area contributed by atoms with Crippen LogP contribution in [-0.4, -0.2) is 36.1 Å². The standard InChI is InChI=1S/C22H40N2O3/c1-14(2)16(13-15(3)20(26)27)11-12-17(21(4,5)6)24-19(25)18(23-10)22(7,8)9/h11-14,16-18,23H,1-10H3,(H,24,25)(H,26,27)/t16-,17-,18-/m1/s1. The first-order valence-electron chi connectivity index (χ1n) is 9.69. The van der Waals surface area contributed by atoms with E-state index in [0.29, 0.717) is 5.57 Å². The minimum absolute atomic E-state index is 0.00874. The van der Waals surface area contributed by atoms with Crippen molar-refractivity contribution >= 4 is 11.9 Å². The normalized spacial score (nSPS) is 17.1. The fraction of sp³-hybridized carbons (Fsp3) is 0.727. The first kappa shape index (κ1) is 25.4. The van der Waals surface area contributed by atoms with Crippen LogP contribution in [0.5, 0.6) is 0 Å². The van der Waals surface area contributed by atoms with Crippen LogP contribution in [0.1, 0.15) is 62.3 Å². The molecule has 0 aromatic carbocycles. The molecule has 5 heteroatoms. The van der Waals surface area contributed by atoms with Crippen LogP contribution >= 0.6 is 0 Å². The molecular weight excluding hydrogens is 340 g/mol. The highest BCUT2D eigenvalue weighted by Crippen LogP contribution is 2.25. The highest BCUT2D eigenvalue weighted by molar-refractivity contribution is 5.85. The van der Waals surface area contributed by atoms with E-state index in [9.17, 15) is 9.59 Å². The second kappa shape index (κ2) is 10.1. The molecule has 0 unspecified atom stereocenters. The van der Waals surface area contributed by atoms with Gasteiger partial charge in [-0.15, -0.1) is 0 Å². The van der Waals surface area contributed by atoms with Crippen molar-refractivity contribution in [2.75, 3.05) is 7.05 Å². The molecule has 0 spiro atoms. The third kappa shape index (κ3) is 8.74. The molecule has 27 heavy (non-hydrogen) atoms. The summed E-state index contributed by atoms with van der Waals surface area (Å²) in [7, 11) is 1.80. The van der Waals surface area contributed by atoms with Gasteiger partial charge in [0.05, 0.1) is 12.1 Å². The minimum Gasteiger partial charge on any atom is -0.478 e. The van der Waals surface area contributed by atoms with Crippen LogP contribution < -0.4 is 10.6 Å². The van der Waals surface area contributed by atoms with E-state index in [1.165, 1.54) is 0 Å². The minimum atomic E-state index is -0.906. The van der Waals surface area contributed by atoms with Gasteiger partial charge in [0, 0.05) is 5.57 Å². The number of likely N-dealkylation sites (N-methyl/N-ethyl adjacent to an activating group) is 1. The molecule has 0 radical (unpaired) electrons. The predicted octanol–water partition coefficient (Wildman–Crippen LogP) is 4.01. The molecule has 0 aliphatic heterocycles. The molecule has 5 nitrogen and oxygen atoms in total. The van der Waals surface area contributed by atoms with E-state index in [2.05, 4.69) is 45.3 Å². The molecule has 0 aliphatic rings. The Morgan fingerprint density at radius 2 is 1.48 bits per heavy atom. The second-order valence-electron chi connectivity index (χ2n) is 9.80. The summed E-state index contributed by atoms with van der Waals surface area (Å²) in [6, 6.07) is -0.464. The van der Waals surface area contributed by atoms with Gasteiger partial charge in [0.2, 0.25) is 5.91 Å². The summed E-state index contributed by atoms with van der Waals surface area (Å²) in [6.45, 7) is 18.1. The Labute approximate surface area is 165 Å². The summed E-state index contributed by atoms with van der Waals surface area (Å²) in [4.78, 5) is 24.0. The molecule has 0 aromatic rings. The molecule has 3 N–H and O–H groups in total. The summed E-state index contributed by atoms with van der Waals surface area (Å²) in [5.41, 5.74) is -0.0416. The highest BCUT2D eigenvalue weighted by atomic mass is 16.4. The molecular formula is C22H40N2O3. The first-order valence-corrected chi connectivity index (χ1v) is 9.69. The van der Waals surface area contributed by atoms with Crippen molar-refractivity contribution in [3.05, 3.63) is 23.8 Å². The van der Waals surface area contributed by atoms with E-state index in [-0.39, 0.29) is 40.7 Å². The van der Waals surface area contributed by atoms with Crippen molar-refractivity contribution in [3.8, 4) is 0 Å². The average Bonchev–Trinajstić information content (AvgIpc) is 2.47. The van der Waals surface area contributed by atoms with Gasteiger partial charge in [0.15, 0.2) is 0 Å². The van der Waals surface area contributed by atoms with Crippen molar-refractivity contribution in [2.45, 2.75) is 74.4 Å². The van der Waals surface area contributed by atoms with Gasteiger partial charge in [-0.2, -0.15) is 0 Å². The Morgan fingerprint density at radius 3 is 1.81 bits per heavy atom. The largest absolute Gasteiger partial charge is 0.478 e. The van der Waals surface area contributed by atoms with Crippen LogP contribution in [0.4, 0.5) is 0 Å². The lowest BCUT2D eigenvalue weighted by molar-refractivity contribution is -0.132. The quantitative estimate of drug-likeness (QED) is 0.439. The van der Waals surface area contributed by atoms with Gasteiger partial charge in [-0.1, -0.05) is 73.6 Å². The van der Waals surface area contributed by atoms with Crippen LogP contribution in [0.3, 0.4) is 0 Å². The first-order chi connectivity index (χ1) is 12.1. The molecule has 0 fully saturated rings. The van der Waals surface area contributed by atoms with Crippen LogP contribution in [0.2, 0.25) is 0 Å². The van der Waals surface area contributed by atoms with Crippen LogP contribution in [-0.2, 0) is 9.59 Å². The second-order valence-corrected chi connectivity index (χ2v) is 9.80. The summed E-state index contributed by atoms with van der Waals surface area (Å²) in [6.07, 6.45) is 5.79. The zero-order valence-corrected chi connectivity index (χ0v) is 18.8. The Kier molecular flexibility index (Phi) is 9.47. The molecule has 0 heterocycles. The number of aliphatic carboxylic acids is 1. The molecule has 0 aliphatic carbocycles. The molecule has 1 amide bonds. The van der Waals surface area contributed by atoms with E-state index < -0.39 is 5.97 Å². The summed E-state index contributed by atoms with van der Waals surface area (Å²) >= 11 is 0. The number of allylic oxidation sites excluding steroid dienone is 2. The van der Waals surface area contributed by atoms with E-state index in [1.807, 2.05) is 32.9 Å². The molecule has 0 saturated heterocycles. The number of carboxylic acid groups (broad SMARTS) is 1. The average molecular weight is 381 g/mol. The fourth-order valence-corrected chi connectivity index (χ4v) is 2.82. The lowest BCUT2D eigenvalue weighted by atomic mass is 9.82. The summed E-state index contributed by atoms with van der Waals surface area (Å²) in [5, 5.41) is 15.4. The molecule has 3 atom stereocenters. The van der Waals surface area contributed by atoms with Gasteiger partial charge in [-0.05, 0) is 36.6 Å². The van der Waals surface area contributed by atoms with Crippen molar-refractivity contribution in [2.24, 2.45) is 22.7 Å². The van der Waals surface area contributed by atoms with Gasteiger partial charge in [0.1, 0.15) is 0 Å². The van der Waals surface area contributed by atoms with Gasteiger partial charge < -0.3 is 15.7 Å². The number of carbonyl (C=O) groups excluding carboxylic acids is 1. The summed E-state index contributed by atoms with van der Waals surface area (Å²) < 4.78 is 0. The number of carbonyl (C=O) groups is 2. The SMILES string of the molecule is CN[C@H](C(=O)N[C@H](C=C[C@H](C=C(C)C(=O)O)C(C)C)C(C)(C)C)C(C)(C)C. The zero-order chi connectivity index (χ0) is 21.6. The Hall–Kier alpha value is -1.62. The highest BCUT2D eigenvalue weighted by Gasteiger charge is 2.33. The lowest BCUT2D eigenvalue weighted by Crippen LogP contribution is -2.54. The number of hydrogen-bond acceptors (Lipinski definition) is 3. The van der Waals surface area contributed by atoms with Crippen LogP contribution in [0.25, 0.3) is 0 Å². The monoisotopic (exact) mass is 380 g/mol. The van der Waals surface area contributed by atoms with E-state index >= 15 is 0 Å². The Morgan fingerprint density at radius 1 is 0.963 bits per heavy atom. The van der Waals surface area contributed by atoms with E-state index in [1.54, 1.807) is 20.0 Å². The summed E-state index contributed by atoms with van der Waals surface area (Å²) in [5.74, 6) is -0.693. The molecule has 0 saturated carbocycles. The molecule has 0 rings (SSSR count). The number of hydrogen-bond donors (Lipinski definition) is 3. The smallest absolute Gasteiger partial charge is 0.330 e. The van der Waals surface area contributed by atoms with Gasteiger partial charge in [0.25, 0.3) is 0 Å². The maximum atomic E-state index is 12.8. The third-order valence-electron chi connectivity index (χ3n) is 4.72. The van der Waals surface area contributed by atoms with Gasteiger partial charge in [-0.25, -0.2) is 4.79 Å². The Balaban J connectivity index is 5.60. The topological polar surface area (TPSA) is 78.4 Å². The Bertz CT molecular complexity index is 563. The third-order valence-corrected chi connectivity index (χ3v) is 4.72. The maximum Gasteiger partial charge on any atom is 0.330 e. The van der Waals surface area contributed by atoms with Crippen molar-refractivity contribution in [1.82, 2.24) is 10.6 Å². The van der Waals surface area contributed by atoms with E-state index in [0.717, 1.165) is 0 Å². The molecule has 0 bridgehead atoms. The number of rotatable bonds is 8. The molecule has 156 valence electrons. The zero-order valence-electron chi connectivity index (χ0n) is 18.8. The van der Waals surface area contributed by atoms with Gasteiger partial charge in [-0.3, -0.25) is 4.79 Å². The van der Waals surface area contributed by atoms with E-state index in [4.69, 9.17) is 5.11 Å². The van der Waals surface area contributed by atoms with Crippen molar-refractivity contribution in [3.63, 3.8) is 0 Å². The van der Waals surface area contributed by atoms with Gasteiger partial charge >= 0.3 is 5.97 Å². The van der Waals surface area contributed by atoms with Crippen LogP contribution in [0.15, 0.2) is 23.8 Å². The predicted molar refractivity (Wildman–Crippen MR) is 113 cm³/mol. The maximum absolute atomic E-state index is 12.8. The molecule has 0 aromatic heterocycles.